The van der Waals surface area contributed by atoms with Gasteiger partial charge in [-0.15, -0.1) is 0 Å². The molecule has 0 N–H and O–H groups in total. The standard InChI is InChI=1S/C27H29N5O4/c1-18-6-10-21(11-7-18)36-25-22-17-31(26(33)20-9-8-19(2)24(16-20)32(34)35)15-12-23(22)28-27(29-25)30-13-4-3-5-14-30/h6-11,16H,3-5,12-15,17H2,1-2H3. The predicted molar refractivity (Wildman–Crippen MR) is 136 cm³/mol. The number of anilines is 1. The van der Waals surface area contributed by atoms with E-state index in [4.69, 9.17) is 14.7 Å². The van der Waals surface area contributed by atoms with Crippen LogP contribution in [0, 0.1) is 24.0 Å². The van der Waals surface area contributed by atoms with E-state index in [0.29, 0.717) is 41.7 Å². The van der Waals surface area contributed by atoms with Gasteiger partial charge in [-0.05, 0) is 51.3 Å². The molecule has 0 aliphatic carbocycles. The molecule has 1 fully saturated rings. The van der Waals surface area contributed by atoms with E-state index < -0.39 is 4.92 Å². The second-order valence-electron chi connectivity index (χ2n) is 9.45. The first kappa shape index (κ1) is 23.7. The molecule has 1 saturated heterocycles. The number of hydrogen-bond donors (Lipinski definition) is 0. The summed E-state index contributed by atoms with van der Waals surface area (Å²) in [6.45, 7) is 6.25. The second-order valence-corrected chi connectivity index (χ2v) is 9.45. The maximum Gasteiger partial charge on any atom is 0.273 e. The number of benzene rings is 2. The van der Waals surface area contributed by atoms with Gasteiger partial charge in [-0.2, -0.15) is 4.98 Å². The van der Waals surface area contributed by atoms with Crippen molar-refractivity contribution in [1.82, 2.24) is 14.9 Å². The fourth-order valence-corrected chi connectivity index (χ4v) is 4.70. The first-order chi connectivity index (χ1) is 17.4. The minimum atomic E-state index is -0.457. The Kier molecular flexibility index (Phi) is 6.54. The highest BCUT2D eigenvalue weighted by Crippen LogP contribution is 2.33. The number of ether oxygens (including phenoxy) is 1. The van der Waals surface area contributed by atoms with Crippen LogP contribution in [0.25, 0.3) is 0 Å². The molecule has 0 radical (unpaired) electrons. The van der Waals surface area contributed by atoms with Gasteiger partial charge in [0.15, 0.2) is 0 Å². The molecule has 3 heterocycles. The minimum absolute atomic E-state index is 0.0591. The predicted octanol–water partition coefficient (Wildman–Crippen LogP) is 4.98. The summed E-state index contributed by atoms with van der Waals surface area (Å²) >= 11 is 0. The molecule has 0 spiro atoms. The number of carbonyl (C=O) groups excluding carboxylic acids is 1. The number of fused-ring (bicyclic) bond motifs is 1. The van der Waals surface area contributed by atoms with Crippen LogP contribution in [0.1, 0.15) is 52.0 Å². The zero-order chi connectivity index (χ0) is 25.2. The van der Waals surface area contributed by atoms with Crippen LogP contribution in [0.2, 0.25) is 0 Å². The Morgan fingerprint density at radius 3 is 2.47 bits per heavy atom. The maximum absolute atomic E-state index is 13.3. The van der Waals surface area contributed by atoms with Crippen LogP contribution in [-0.2, 0) is 13.0 Å². The summed E-state index contributed by atoms with van der Waals surface area (Å²) in [6, 6.07) is 12.4. The molecule has 9 nitrogen and oxygen atoms in total. The van der Waals surface area contributed by atoms with Crippen molar-refractivity contribution >= 4 is 17.5 Å². The zero-order valence-electron chi connectivity index (χ0n) is 20.6. The highest BCUT2D eigenvalue weighted by atomic mass is 16.6. The van der Waals surface area contributed by atoms with Crippen molar-refractivity contribution in [3.63, 3.8) is 0 Å². The summed E-state index contributed by atoms with van der Waals surface area (Å²) in [5.41, 5.74) is 3.54. The zero-order valence-corrected chi connectivity index (χ0v) is 20.6. The van der Waals surface area contributed by atoms with E-state index in [1.54, 1.807) is 24.0 Å². The van der Waals surface area contributed by atoms with Crippen LogP contribution in [0.4, 0.5) is 11.6 Å². The lowest BCUT2D eigenvalue weighted by molar-refractivity contribution is -0.385. The summed E-state index contributed by atoms with van der Waals surface area (Å²) in [5.74, 6) is 1.54. The third kappa shape index (κ3) is 4.86. The Hall–Kier alpha value is -4.01. The number of rotatable bonds is 5. The lowest BCUT2D eigenvalue weighted by atomic mass is 10.0. The average molecular weight is 488 g/mol. The normalized spacial score (nSPS) is 15.4. The minimum Gasteiger partial charge on any atom is -0.438 e. The van der Waals surface area contributed by atoms with Gasteiger partial charge in [0.05, 0.1) is 22.7 Å². The monoisotopic (exact) mass is 487 g/mol. The van der Waals surface area contributed by atoms with Crippen LogP contribution in [-0.4, -0.2) is 45.3 Å². The fourth-order valence-electron chi connectivity index (χ4n) is 4.70. The molecule has 1 amide bonds. The van der Waals surface area contributed by atoms with Crippen LogP contribution in [0.15, 0.2) is 42.5 Å². The lowest BCUT2D eigenvalue weighted by Gasteiger charge is -2.32. The molecule has 2 aliphatic rings. The molecular formula is C27H29N5O4. The van der Waals surface area contributed by atoms with Crippen LogP contribution < -0.4 is 9.64 Å². The van der Waals surface area contributed by atoms with Gasteiger partial charge in [0.25, 0.3) is 11.6 Å². The summed E-state index contributed by atoms with van der Waals surface area (Å²) < 4.78 is 6.26. The van der Waals surface area contributed by atoms with Gasteiger partial charge in [0.1, 0.15) is 5.75 Å². The van der Waals surface area contributed by atoms with Crippen LogP contribution in [0.5, 0.6) is 11.6 Å². The van der Waals surface area contributed by atoms with Gasteiger partial charge < -0.3 is 14.5 Å². The Morgan fingerprint density at radius 2 is 1.75 bits per heavy atom. The first-order valence-electron chi connectivity index (χ1n) is 12.3. The summed E-state index contributed by atoms with van der Waals surface area (Å²) in [5, 5.41) is 11.4. The van der Waals surface area contributed by atoms with Crippen molar-refractivity contribution in [1.29, 1.82) is 0 Å². The molecule has 0 bridgehead atoms. The Bertz CT molecular complexity index is 1300. The fraction of sp³-hybridized carbons (Fsp3) is 0.370. The van der Waals surface area contributed by atoms with E-state index in [1.807, 2.05) is 31.2 Å². The third-order valence-corrected chi connectivity index (χ3v) is 6.82. The Balaban J connectivity index is 1.47. The number of amides is 1. The topological polar surface area (TPSA) is 102 Å². The number of piperidine rings is 1. The van der Waals surface area contributed by atoms with E-state index in [0.717, 1.165) is 42.8 Å². The molecule has 0 saturated carbocycles. The molecule has 2 aromatic carbocycles. The lowest BCUT2D eigenvalue weighted by Crippen LogP contribution is -2.37. The van der Waals surface area contributed by atoms with E-state index in [-0.39, 0.29) is 18.1 Å². The molecule has 0 unspecified atom stereocenters. The maximum atomic E-state index is 13.3. The van der Waals surface area contributed by atoms with Gasteiger partial charge in [0.2, 0.25) is 11.8 Å². The summed E-state index contributed by atoms with van der Waals surface area (Å²) in [6.07, 6.45) is 3.99. The molecule has 1 aromatic heterocycles. The Labute approximate surface area is 209 Å². The number of nitro benzene ring substituents is 1. The molecule has 2 aliphatic heterocycles. The first-order valence-corrected chi connectivity index (χ1v) is 12.3. The van der Waals surface area contributed by atoms with E-state index in [1.165, 1.54) is 12.5 Å². The third-order valence-electron chi connectivity index (χ3n) is 6.82. The number of hydrogen-bond acceptors (Lipinski definition) is 7. The van der Waals surface area contributed by atoms with Crippen molar-refractivity contribution in [2.45, 2.75) is 46.1 Å². The van der Waals surface area contributed by atoms with Crippen molar-refractivity contribution in [3.8, 4) is 11.6 Å². The van der Waals surface area contributed by atoms with Gasteiger partial charge in [-0.25, -0.2) is 4.98 Å². The largest absolute Gasteiger partial charge is 0.438 e. The van der Waals surface area contributed by atoms with E-state index in [2.05, 4.69) is 4.90 Å². The van der Waals surface area contributed by atoms with Gasteiger partial charge in [-0.1, -0.05) is 23.8 Å². The number of aryl methyl sites for hydroxylation is 2. The van der Waals surface area contributed by atoms with Crippen molar-refractivity contribution in [2.75, 3.05) is 24.5 Å². The van der Waals surface area contributed by atoms with Gasteiger partial charge >= 0.3 is 0 Å². The molecular weight excluding hydrogens is 458 g/mol. The highest BCUT2D eigenvalue weighted by Gasteiger charge is 2.29. The molecule has 0 atom stereocenters. The van der Waals surface area contributed by atoms with Crippen molar-refractivity contribution in [3.05, 3.63) is 80.5 Å². The van der Waals surface area contributed by atoms with Crippen molar-refractivity contribution in [2.24, 2.45) is 0 Å². The SMILES string of the molecule is Cc1ccc(Oc2nc(N3CCCCC3)nc3c2CN(C(=O)c2ccc(C)c([N+](=O)[O-])c2)CC3)cc1. The molecule has 36 heavy (non-hydrogen) atoms. The Morgan fingerprint density at radius 1 is 1.00 bits per heavy atom. The molecule has 5 rings (SSSR count). The number of aromatic nitrogens is 2. The molecule has 3 aromatic rings. The van der Waals surface area contributed by atoms with E-state index in [9.17, 15) is 14.9 Å². The van der Waals surface area contributed by atoms with Gasteiger partial charge in [-0.3, -0.25) is 14.9 Å². The number of nitro groups is 1. The number of carbonyl (C=O) groups is 1. The quantitative estimate of drug-likeness (QED) is 0.369. The molecule has 186 valence electrons. The molecule has 9 heteroatoms. The van der Waals surface area contributed by atoms with E-state index >= 15 is 0 Å². The van der Waals surface area contributed by atoms with Crippen LogP contribution in [0.3, 0.4) is 0 Å². The summed E-state index contributed by atoms with van der Waals surface area (Å²) in [7, 11) is 0. The second kappa shape index (κ2) is 9.93. The number of nitrogens with zero attached hydrogens (tertiary/aromatic N) is 5. The smallest absolute Gasteiger partial charge is 0.273 e. The van der Waals surface area contributed by atoms with Crippen molar-refractivity contribution < 1.29 is 14.5 Å². The van der Waals surface area contributed by atoms with Gasteiger partial charge in [0, 0.05) is 43.2 Å². The van der Waals surface area contributed by atoms with Crippen LogP contribution >= 0.6 is 0 Å². The average Bonchev–Trinajstić information content (AvgIpc) is 2.90. The highest BCUT2D eigenvalue weighted by molar-refractivity contribution is 5.95. The summed E-state index contributed by atoms with van der Waals surface area (Å²) in [4.78, 5) is 37.8.